The monoisotopic (exact) mass is 247 g/mol. The Morgan fingerprint density at radius 3 is 2.35 bits per heavy atom. The maximum absolute atomic E-state index is 4.66. The summed E-state index contributed by atoms with van der Waals surface area (Å²) in [5.74, 6) is 0.785. The number of hydrogen-bond acceptors (Lipinski definition) is 1. The van der Waals surface area contributed by atoms with Crippen LogP contribution in [0.3, 0.4) is 0 Å². The lowest BCUT2D eigenvalue weighted by molar-refractivity contribution is 0.441. The van der Waals surface area contributed by atoms with E-state index in [1.807, 2.05) is 0 Å². The first-order valence-electron chi connectivity index (χ1n) is 6.95. The van der Waals surface area contributed by atoms with E-state index in [2.05, 4.69) is 43.8 Å². The van der Waals surface area contributed by atoms with Crippen molar-refractivity contribution >= 4 is 13.3 Å². The van der Waals surface area contributed by atoms with Gasteiger partial charge in [0, 0.05) is 11.9 Å². The SMILES string of the molecule is Cc1ncc([Si](C)(C)C)cc1C1CCCCC1. The molecule has 0 atom stereocenters. The van der Waals surface area contributed by atoms with Gasteiger partial charge in [-0.2, -0.15) is 0 Å². The summed E-state index contributed by atoms with van der Waals surface area (Å²) in [4.78, 5) is 4.66. The topological polar surface area (TPSA) is 12.9 Å². The predicted octanol–water partition coefficient (Wildman–Crippen LogP) is 3.98. The van der Waals surface area contributed by atoms with Gasteiger partial charge in [-0.3, -0.25) is 4.98 Å². The molecule has 0 aliphatic heterocycles. The molecule has 0 radical (unpaired) electrons. The summed E-state index contributed by atoms with van der Waals surface area (Å²) in [5, 5.41) is 1.52. The Morgan fingerprint density at radius 1 is 1.12 bits per heavy atom. The largest absolute Gasteiger partial charge is 0.261 e. The Morgan fingerprint density at radius 2 is 1.76 bits per heavy atom. The van der Waals surface area contributed by atoms with Crippen LogP contribution in [0.5, 0.6) is 0 Å². The van der Waals surface area contributed by atoms with Crippen LogP contribution >= 0.6 is 0 Å². The summed E-state index contributed by atoms with van der Waals surface area (Å²) in [5.41, 5.74) is 2.81. The number of aryl methyl sites for hydroxylation is 1. The Labute approximate surface area is 107 Å². The highest BCUT2D eigenvalue weighted by molar-refractivity contribution is 6.88. The van der Waals surface area contributed by atoms with Crippen molar-refractivity contribution in [3.63, 3.8) is 0 Å². The fourth-order valence-electron chi connectivity index (χ4n) is 2.79. The second-order valence-electron chi connectivity index (χ2n) is 6.48. The van der Waals surface area contributed by atoms with E-state index in [-0.39, 0.29) is 0 Å². The second kappa shape index (κ2) is 4.93. The Balaban J connectivity index is 2.31. The molecule has 0 N–H and O–H groups in total. The lowest BCUT2D eigenvalue weighted by Gasteiger charge is -2.25. The summed E-state index contributed by atoms with van der Waals surface area (Å²) >= 11 is 0. The third-order valence-electron chi connectivity index (χ3n) is 4.04. The van der Waals surface area contributed by atoms with Crippen LogP contribution in [0.25, 0.3) is 0 Å². The molecular formula is C15H25NSi. The van der Waals surface area contributed by atoms with Crippen LogP contribution in [0, 0.1) is 6.92 Å². The van der Waals surface area contributed by atoms with E-state index in [4.69, 9.17) is 0 Å². The molecule has 1 aromatic rings. The third-order valence-corrected chi connectivity index (χ3v) is 6.04. The summed E-state index contributed by atoms with van der Waals surface area (Å²) < 4.78 is 0. The maximum Gasteiger partial charge on any atom is 0.0796 e. The van der Waals surface area contributed by atoms with E-state index in [0.717, 1.165) is 5.92 Å². The number of pyridine rings is 1. The Bertz CT molecular complexity index is 386. The predicted molar refractivity (Wildman–Crippen MR) is 77.8 cm³/mol. The van der Waals surface area contributed by atoms with E-state index in [1.54, 1.807) is 5.56 Å². The zero-order chi connectivity index (χ0) is 12.5. The van der Waals surface area contributed by atoms with Crippen LogP contribution in [-0.4, -0.2) is 13.1 Å². The van der Waals surface area contributed by atoms with Gasteiger partial charge in [-0.15, -0.1) is 0 Å². The first-order valence-corrected chi connectivity index (χ1v) is 10.5. The van der Waals surface area contributed by atoms with Gasteiger partial charge in [0.2, 0.25) is 0 Å². The van der Waals surface area contributed by atoms with Crippen molar-refractivity contribution in [2.75, 3.05) is 0 Å². The highest BCUT2D eigenvalue weighted by atomic mass is 28.3. The summed E-state index contributed by atoms with van der Waals surface area (Å²) in [6, 6.07) is 2.48. The van der Waals surface area contributed by atoms with Crippen LogP contribution < -0.4 is 5.19 Å². The van der Waals surface area contributed by atoms with E-state index >= 15 is 0 Å². The molecule has 1 saturated carbocycles. The highest BCUT2D eigenvalue weighted by Gasteiger charge is 2.22. The van der Waals surface area contributed by atoms with Gasteiger partial charge in [-0.05, 0) is 36.4 Å². The highest BCUT2D eigenvalue weighted by Crippen LogP contribution is 2.33. The van der Waals surface area contributed by atoms with Gasteiger partial charge < -0.3 is 0 Å². The lowest BCUT2D eigenvalue weighted by Crippen LogP contribution is -2.38. The van der Waals surface area contributed by atoms with Gasteiger partial charge in [0.25, 0.3) is 0 Å². The van der Waals surface area contributed by atoms with Crippen LogP contribution in [0.2, 0.25) is 19.6 Å². The number of aromatic nitrogens is 1. The van der Waals surface area contributed by atoms with Crippen LogP contribution in [0.1, 0.15) is 49.3 Å². The standard InChI is InChI=1S/C15H25NSi/c1-12-15(13-8-6-5-7-9-13)10-14(11-16-12)17(2,3)4/h10-11,13H,5-9H2,1-4H3. The van der Waals surface area contributed by atoms with Crippen molar-refractivity contribution in [3.8, 4) is 0 Å². The maximum atomic E-state index is 4.66. The number of hydrogen-bond donors (Lipinski definition) is 0. The van der Waals surface area contributed by atoms with Crippen LogP contribution in [0.15, 0.2) is 12.3 Å². The van der Waals surface area contributed by atoms with Gasteiger partial charge in [0.1, 0.15) is 0 Å². The molecule has 1 fully saturated rings. The number of rotatable bonds is 2. The van der Waals surface area contributed by atoms with Gasteiger partial charge in [0.05, 0.1) is 8.07 Å². The molecule has 0 spiro atoms. The van der Waals surface area contributed by atoms with Crippen molar-refractivity contribution in [1.29, 1.82) is 0 Å². The van der Waals surface area contributed by atoms with Gasteiger partial charge in [0.15, 0.2) is 0 Å². The molecule has 0 amide bonds. The first kappa shape index (κ1) is 12.8. The average molecular weight is 247 g/mol. The zero-order valence-electron chi connectivity index (χ0n) is 11.7. The molecule has 0 aromatic carbocycles. The molecular weight excluding hydrogens is 222 g/mol. The van der Waals surface area contributed by atoms with Crippen LogP contribution in [0.4, 0.5) is 0 Å². The van der Waals surface area contributed by atoms with Gasteiger partial charge in [-0.1, -0.05) is 45.0 Å². The van der Waals surface area contributed by atoms with Crippen molar-refractivity contribution < 1.29 is 0 Å². The normalized spacial score (nSPS) is 18.4. The Kier molecular flexibility index (Phi) is 3.72. The quantitative estimate of drug-likeness (QED) is 0.720. The molecule has 1 nitrogen and oxygen atoms in total. The summed E-state index contributed by atoms with van der Waals surface area (Å²) in [7, 11) is -1.21. The second-order valence-corrected chi connectivity index (χ2v) is 11.6. The number of nitrogens with zero attached hydrogens (tertiary/aromatic N) is 1. The average Bonchev–Trinajstić information content (AvgIpc) is 2.29. The fraction of sp³-hybridized carbons (Fsp3) is 0.667. The van der Waals surface area contributed by atoms with E-state index in [1.165, 1.54) is 43.0 Å². The minimum Gasteiger partial charge on any atom is -0.261 e. The smallest absolute Gasteiger partial charge is 0.0796 e. The van der Waals surface area contributed by atoms with E-state index in [9.17, 15) is 0 Å². The van der Waals surface area contributed by atoms with Crippen LogP contribution in [-0.2, 0) is 0 Å². The van der Waals surface area contributed by atoms with Crippen molar-refractivity contribution in [2.45, 2.75) is 64.6 Å². The molecule has 0 bridgehead atoms. The minimum atomic E-state index is -1.21. The minimum absolute atomic E-state index is 0.785. The third kappa shape index (κ3) is 2.98. The van der Waals surface area contributed by atoms with Crippen molar-refractivity contribution in [2.24, 2.45) is 0 Å². The summed E-state index contributed by atoms with van der Waals surface area (Å²) in [6.07, 6.45) is 9.10. The molecule has 94 valence electrons. The molecule has 1 aromatic heterocycles. The van der Waals surface area contributed by atoms with E-state index < -0.39 is 8.07 Å². The first-order chi connectivity index (χ1) is 7.98. The molecule has 0 saturated heterocycles. The van der Waals surface area contributed by atoms with Crippen molar-refractivity contribution in [3.05, 3.63) is 23.5 Å². The molecule has 1 aliphatic carbocycles. The van der Waals surface area contributed by atoms with Crippen molar-refractivity contribution in [1.82, 2.24) is 4.98 Å². The molecule has 17 heavy (non-hydrogen) atoms. The molecule has 2 rings (SSSR count). The molecule has 0 unspecified atom stereocenters. The Hall–Kier alpha value is -0.633. The lowest BCUT2D eigenvalue weighted by atomic mass is 9.83. The molecule has 1 heterocycles. The van der Waals surface area contributed by atoms with Gasteiger partial charge in [-0.25, -0.2) is 0 Å². The van der Waals surface area contributed by atoms with Gasteiger partial charge >= 0.3 is 0 Å². The van der Waals surface area contributed by atoms with E-state index in [0.29, 0.717) is 0 Å². The zero-order valence-corrected chi connectivity index (χ0v) is 12.7. The molecule has 2 heteroatoms. The molecule has 1 aliphatic rings. The summed E-state index contributed by atoms with van der Waals surface area (Å²) in [6.45, 7) is 9.40. The fourth-order valence-corrected chi connectivity index (χ4v) is 3.83.